The number of nitro benzene ring substituents is 1. The number of aliphatic hydroxyl groups is 1. The van der Waals surface area contributed by atoms with Gasteiger partial charge < -0.3 is 14.7 Å². The van der Waals surface area contributed by atoms with Gasteiger partial charge in [-0.3, -0.25) is 19.8 Å². The van der Waals surface area contributed by atoms with Gasteiger partial charge in [0.15, 0.2) is 0 Å². The summed E-state index contributed by atoms with van der Waals surface area (Å²) in [5.41, 5.74) is 0.00850. The topological polar surface area (TPSA) is 96.1 Å². The zero-order valence-corrected chi connectivity index (χ0v) is 12.9. The third-order valence-corrected chi connectivity index (χ3v) is 3.77. The largest absolute Gasteiger partial charge is 0.493 e. The van der Waals surface area contributed by atoms with E-state index in [4.69, 9.17) is 9.84 Å². The molecule has 0 bridgehead atoms. The quantitative estimate of drug-likeness (QED) is 0.580. The second kappa shape index (κ2) is 8.44. The molecule has 1 fully saturated rings. The molecule has 0 spiro atoms. The Labute approximate surface area is 134 Å². The standard InChI is InChI=1S/C15H21N3O5/c19-11-10-16-6-8-17(9-7-16)15(20)5-12-23-14-3-1-13(2-4-14)18(21)22/h1-4,19H,5-12H2. The number of carbonyl (C=O) groups excluding carboxylic acids is 1. The number of nitrogens with zero attached hydrogens (tertiary/aromatic N) is 3. The summed E-state index contributed by atoms with van der Waals surface area (Å²) in [6.07, 6.45) is 0.275. The Morgan fingerprint density at radius 3 is 2.43 bits per heavy atom. The molecule has 0 saturated carbocycles. The normalized spacial score (nSPS) is 15.4. The highest BCUT2D eigenvalue weighted by molar-refractivity contribution is 5.76. The van der Waals surface area contributed by atoms with Gasteiger partial charge in [0.25, 0.3) is 5.69 Å². The number of piperazine rings is 1. The molecule has 1 aliphatic rings. The van der Waals surface area contributed by atoms with Crippen LogP contribution in [0, 0.1) is 10.1 Å². The van der Waals surface area contributed by atoms with Gasteiger partial charge in [0.05, 0.1) is 24.6 Å². The fraction of sp³-hybridized carbons (Fsp3) is 0.533. The van der Waals surface area contributed by atoms with Gasteiger partial charge in [-0.15, -0.1) is 0 Å². The molecule has 1 amide bonds. The van der Waals surface area contributed by atoms with Crippen molar-refractivity contribution in [3.63, 3.8) is 0 Å². The predicted octanol–water partition coefficient (Wildman–Crippen LogP) is 0.500. The molecule has 0 radical (unpaired) electrons. The fourth-order valence-corrected chi connectivity index (χ4v) is 2.44. The van der Waals surface area contributed by atoms with Crippen LogP contribution >= 0.6 is 0 Å². The predicted molar refractivity (Wildman–Crippen MR) is 83.3 cm³/mol. The summed E-state index contributed by atoms with van der Waals surface area (Å²) in [4.78, 5) is 26.1. The van der Waals surface area contributed by atoms with Gasteiger partial charge in [0.1, 0.15) is 5.75 Å². The molecule has 0 aromatic heterocycles. The number of amides is 1. The van der Waals surface area contributed by atoms with Gasteiger partial charge in [-0.2, -0.15) is 0 Å². The SMILES string of the molecule is O=C(CCOc1ccc([N+](=O)[O-])cc1)N1CCN(CCO)CC1. The number of β-amino-alcohol motifs (C(OH)–C–C–N with tert-alkyl or cyclic N) is 1. The lowest BCUT2D eigenvalue weighted by molar-refractivity contribution is -0.384. The van der Waals surface area contributed by atoms with Gasteiger partial charge in [0.2, 0.25) is 5.91 Å². The van der Waals surface area contributed by atoms with Crippen molar-refractivity contribution in [2.75, 3.05) is 45.9 Å². The van der Waals surface area contributed by atoms with E-state index in [-0.39, 0.29) is 31.2 Å². The number of nitro groups is 1. The van der Waals surface area contributed by atoms with Crippen molar-refractivity contribution in [3.8, 4) is 5.75 Å². The lowest BCUT2D eigenvalue weighted by Crippen LogP contribution is -2.49. The summed E-state index contributed by atoms with van der Waals surface area (Å²) in [5.74, 6) is 0.548. The van der Waals surface area contributed by atoms with E-state index in [0.29, 0.717) is 25.4 Å². The van der Waals surface area contributed by atoms with Crippen LogP contribution in [0.25, 0.3) is 0 Å². The number of hydrogen-bond acceptors (Lipinski definition) is 6. The van der Waals surface area contributed by atoms with Crippen molar-refractivity contribution in [2.45, 2.75) is 6.42 Å². The van der Waals surface area contributed by atoms with Crippen LogP contribution in [-0.2, 0) is 4.79 Å². The summed E-state index contributed by atoms with van der Waals surface area (Å²) >= 11 is 0. The molecular formula is C15H21N3O5. The van der Waals surface area contributed by atoms with E-state index in [0.717, 1.165) is 13.1 Å². The first-order chi connectivity index (χ1) is 11.1. The summed E-state index contributed by atoms with van der Waals surface area (Å²) in [7, 11) is 0. The number of benzene rings is 1. The lowest BCUT2D eigenvalue weighted by atomic mass is 10.2. The number of rotatable bonds is 7. The Bertz CT molecular complexity index is 526. The van der Waals surface area contributed by atoms with E-state index in [1.54, 1.807) is 4.90 Å². The number of ether oxygens (including phenoxy) is 1. The Morgan fingerprint density at radius 1 is 1.22 bits per heavy atom. The molecule has 1 N–H and O–H groups in total. The molecule has 8 heteroatoms. The average Bonchev–Trinajstić information content (AvgIpc) is 2.56. The maximum atomic E-state index is 12.1. The Kier molecular flexibility index (Phi) is 6.30. The first-order valence-corrected chi connectivity index (χ1v) is 7.58. The van der Waals surface area contributed by atoms with Gasteiger partial charge in [-0.05, 0) is 12.1 Å². The van der Waals surface area contributed by atoms with Gasteiger partial charge in [-0.25, -0.2) is 0 Å². The minimum absolute atomic E-state index is 0.00850. The van der Waals surface area contributed by atoms with Crippen LogP contribution in [0.3, 0.4) is 0 Å². The zero-order chi connectivity index (χ0) is 16.7. The minimum Gasteiger partial charge on any atom is -0.493 e. The monoisotopic (exact) mass is 323 g/mol. The third-order valence-electron chi connectivity index (χ3n) is 3.77. The van der Waals surface area contributed by atoms with Crippen molar-refractivity contribution in [1.82, 2.24) is 9.80 Å². The number of non-ortho nitro benzene ring substituents is 1. The molecule has 23 heavy (non-hydrogen) atoms. The summed E-state index contributed by atoms with van der Waals surface area (Å²) < 4.78 is 5.45. The first kappa shape index (κ1) is 17.2. The zero-order valence-electron chi connectivity index (χ0n) is 12.9. The van der Waals surface area contributed by atoms with E-state index >= 15 is 0 Å². The highest BCUT2D eigenvalue weighted by atomic mass is 16.6. The second-order valence-corrected chi connectivity index (χ2v) is 5.30. The Balaban J connectivity index is 1.69. The van der Waals surface area contributed by atoms with Crippen molar-refractivity contribution < 1.29 is 19.6 Å². The van der Waals surface area contributed by atoms with Crippen LogP contribution in [0.15, 0.2) is 24.3 Å². The molecule has 0 unspecified atom stereocenters. The highest BCUT2D eigenvalue weighted by Gasteiger charge is 2.20. The van der Waals surface area contributed by atoms with E-state index in [1.165, 1.54) is 24.3 Å². The summed E-state index contributed by atoms with van der Waals surface area (Å²) in [6.45, 7) is 3.90. The molecule has 0 aliphatic carbocycles. The van der Waals surface area contributed by atoms with Crippen LogP contribution in [0.2, 0.25) is 0 Å². The van der Waals surface area contributed by atoms with E-state index in [9.17, 15) is 14.9 Å². The van der Waals surface area contributed by atoms with Crippen LogP contribution in [-0.4, -0.2) is 71.7 Å². The molecule has 1 saturated heterocycles. The van der Waals surface area contributed by atoms with Gasteiger partial charge >= 0.3 is 0 Å². The summed E-state index contributed by atoms with van der Waals surface area (Å²) in [5, 5.41) is 19.4. The smallest absolute Gasteiger partial charge is 0.269 e. The molecule has 1 aliphatic heterocycles. The molecule has 1 aromatic carbocycles. The van der Waals surface area contributed by atoms with Crippen LogP contribution in [0.4, 0.5) is 5.69 Å². The molecule has 1 aromatic rings. The molecular weight excluding hydrogens is 302 g/mol. The highest BCUT2D eigenvalue weighted by Crippen LogP contribution is 2.17. The fourth-order valence-electron chi connectivity index (χ4n) is 2.44. The number of aliphatic hydroxyl groups excluding tert-OH is 1. The maximum absolute atomic E-state index is 12.1. The van der Waals surface area contributed by atoms with E-state index < -0.39 is 4.92 Å². The van der Waals surface area contributed by atoms with E-state index in [1.807, 2.05) is 0 Å². The van der Waals surface area contributed by atoms with Gasteiger partial charge in [-0.1, -0.05) is 0 Å². The van der Waals surface area contributed by atoms with Crippen LogP contribution in [0.1, 0.15) is 6.42 Å². The Hall–Kier alpha value is -2.19. The molecule has 8 nitrogen and oxygen atoms in total. The second-order valence-electron chi connectivity index (χ2n) is 5.30. The molecule has 126 valence electrons. The maximum Gasteiger partial charge on any atom is 0.269 e. The molecule has 0 atom stereocenters. The third kappa shape index (κ3) is 5.19. The number of carbonyl (C=O) groups is 1. The van der Waals surface area contributed by atoms with Crippen LogP contribution < -0.4 is 4.74 Å². The number of hydrogen-bond donors (Lipinski definition) is 1. The van der Waals surface area contributed by atoms with Crippen molar-refractivity contribution in [3.05, 3.63) is 34.4 Å². The minimum atomic E-state index is -0.469. The Morgan fingerprint density at radius 2 is 1.87 bits per heavy atom. The van der Waals surface area contributed by atoms with Crippen molar-refractivity contribution >= 4 is 11.6 Å². The van der Waals surface area contributed by atoms with Crippen molar-refractivity contribution in [1.29, 1.82) is 0 Å². The molecule has 2 rings (SSSR count). The molecule has 1 heterocycles. The lowest BCUT2D eigenvalue weighted by Gasteiger charge is -2.34. The first-order valence-electron chi connectivity index (χ1n) is 7.58. The van der Waals surface area contributed by atoms with E-state index in [2.05, 4.69) is 4.90 Å². The van der Waals surface area contributed by atoms with Gasteiger partial charge in [0, 0.05) is 44.9 Å². The van der Waals surface area contributed by atoms with Crippen molar-refractivity contribution in [2.24, 2.45) is 0 Å². The summed E-state index contributed by atoms with van der Waals surface area (Å²) in [6, 6.07) is 5.79. The van der Waals surface area contributed by atoms with Crippen LogP contribution in [0.5, 0.6) is 5.75 Å². The average molecular weight is 323 g/mol.